The molecule has 5 heterocycles. The van der Waals surface area contributed by atoms with Gasteiger partial charge in [-0.2, -0.15) is 0 Å². The van der Waals surface area contributed by atoms with E-state index in [0.717, 1.165) is 29.2 Å². The number of hydrogen-bond donors (Lipinski definition) is 0. The van der Waals surface area contributed by atoms with Crippen LogP contribution < -0.4 is 9.64 Å². The Kier molecular flexibility index (Phi) is 5.19. The van der Waals surface area contributed by atoms with Crippen molar-refractivity contribution in [1.29, 1.82) is 0 Å². The Morgan fingerprint density at radius 3 is 2.60 bits per heavy atom. The van der Waals surface area contributed by atoms with Gasteiger partial charge in [0.1, 0.15) is 22.4 Å². The zero-order valence-electron chi connectivity index (χ0n) is 21.7. The number of carbonyl (C=O) groups is 2. The molecule has 1 atom stereocenters. The van der Waals surface area contributed by atoms with Crippen LogP contribution in [0, 0.1) is 0 Å². The van der Waals surface area contributed by atoms with Crippen LogP contribution in [-0.4, -0.2) is 66.9 Å². The van der Waals surface area contributed by atoms with E-state index < -0.39 is 17.7 Å². The van der Waals surface area contributed by atoms with Crippen LogP contribution in [0.3, 0.4) is 0 Å². The number of allylic oxidation sites excluding steroid dienone is 2. The number of fused-ring (bicyclic) bond motifs is 5. The van der Waals surface area contributed by atoms with E-state index >= 15 is 4.39 Å². The van der Waals surface area contributed by atoms with E-state index in [1.807, 2.05) is 46.2 Å². The standard InChI is InChI=1S/C31H26FN3O5/c32-22-13-20-23-15-28(29(22)33-7-3-4-8-33)40-27-14-19-18-5-1-2-6-25(18)39-26(19)16-24(27)35(23)17-21(30(20)36)31(37)34-9-11-38-12-10-34/h1-2,5-6,13-17,23H,3-4,7-12H2. The van der Waals surface area contributed by atoms with Crippen molar-refractivity contribution in [2.24, 2.45) is 0 Å². The predicted molar refractivity (Wildman–Crippen MR) is 146 cm³/mol. The molecular weight excluding hydrogens is 513 g/mol. The van der Waals surface area contributed by atoms with Crippen LogP contribution >= 0.6 is 0 Å². The molecule has 202 valence electrons. The van der Waals surface area contributed by atoms with Gasteiger partial charge in [0, 0.05) is 54.8 Å². The Morgan fingerprint density at radius 2 is 1.77 bits per heavy atom. The molecule has 4 aliphatic heterocycles. The predicted octanol–water partition coefficient (Wildman–Crippen LogP) is 4.58. The van der Waals surface area contributed by atoms with Crippen LogP contribution in [0.25, 0.3) is 21.9 Å². The third kappa shape index (κ3) is 3.47. The highest BCUT2D eigenvalue weighted by molar-refractivity contribution is 6.27. The number of amides is 1. The minimum absolute atomic E-state index is 0.00525. The van der Waals surface area contributed by atoms with E-state index in [0.29, 0.717) is 67.9 Å². The third-order valence-electron chi connectivity index (χ3n) is 8.35. The number of anilines is 1. The number of ketones is 1. The lowest BCUT2D eigenvalue weighted by atomic mass is 9.91. The number of Topliss-reactive ketones (excluding diaryl/α,β-unsaturated/α-hetero) is 1. The van der Waals surface area contributed by atoms with Crippen molar-refractivity contribution < 1.29 is 27.9 Å². The molecule has 2 aromatic carbocycles. The van der Waals surface area contributed by atoms with Crippen LogP contribution in [0.1, 0.15) is 12.8 Å². The minimum Gasteiger partial charge on any atom is -0.456 e. The Bertz CT molecular complexity index is 1740. The summed E-state index contributed by atoms with van der Waals surface area (Å²) in [6.07, 6.45) is 6.60. The maximum absolute atomic E-state index is 16.1. The molecule has 1 aliphatic carbocycles. The second-order valence-electron chi connectivity index (χ2n) is 10.7. The maximum Gasteiger partial charge on any atom is 0.259 e. The maximum atomic E-state index is 16.1. The number of halogens is 1. The van der Waals surface area contributed by atoms with Gasteiger partial charge in [-0.1, -0.05) is 18.2 Å². The van der Waals surface area contributed by atoms with Gasteiger partial charge in [-0.15, -0.1) is 0 Å². The zero-order chi connectivity index (χ0) is 27.0. The van der Waals surface area contributed by atoms with E-state index in [9.17, 15) is 9.59 Å². The van der Waals surface area contributed by atoms with Crippen molar-refractivity contribution in [2.45, 2.75) is 18.9 Å². The first-order valence-electron chi connectivity index (χ1n) is 13.7. The fraction of sp³-hybridized carbons (Fsp3) is 0.290. The first kappa shape index (κ1) is 23.5. The van der Waals surface area contributed by atoms with Crippen molar-refractivity contribution in [1.82, 2.24) is 9.80 Å². The molecule has 2 fully saturated rings. The van der Waals surface area contributed by atoms with Gasteiger partial charge in [0.05, 0.1) is 24.9 Å². The summed E-state index contributed by atoms with van der Waals surface area (Å²) in [6, 6.07) is 10.9. The summed E-state index contributed by atoms with van der Waals surface area (Å²) >= 11 is 0. The van der Waals surface area contributed by atoms with Crippen molar-refractivity contribution >= 4 is 39.3 Å². The quantitative estimate of drug-likeness (QED) is 0.442. The number of nitrogens with zero attached hydrogens (tertiary/aromatic N) is 3. The summed E-state index contributed by atoms with van der Waals surface area (Å²) in [5.74, 6) is -0.517. The number of para-hydroxylation sites is 1. The van der Waals surface area contributed by atoms with Gasteiger partial charge >= 0.3 is 0 Å². The van der Waals surface area contributed by atoms with Crippen LogP contribution in [0.2, 0.25) is 0 Å². The van der Waals surface area contributed by atoms with E-state index in [4.69, 9.17) is 13.9 Å². The third-order valence-corrected chi connectivity index (χ3v) is 8.35. The largest absolute Gasteiger partial charge is 0.456 e. The number of carbonyl (C=O) groups excluding carboxylic acids is 2. The highest BCUT2D eigenvalue weighted by atomic mass is 19.1. The van der Waals surface area contributed by atoms with Gasteiger partial charge in [-0.3, -0.25) is 9.59 Å². The number of likely N-dealkylation sites (tertiary alicyclic amines) is 1. The Hall–Kier alpha value is -4.37. The lowest BCUT2D eigenvalue weighted by Gasteiger charge is -2.35. The molecule has 0 radical (unpaired) electrons. The topological polar surface area (TPSA) is 75.5 Å². The Balaban J connectivity index is 1.36. The fourth-order valence-electron chi connectivity index (χ4n) is 6.36. The number of furan rings is 1. The van der Waals surface area contributed by atoms with Crippen LogP contribution in [0.5, 0.6) is 5.75 Å². The second-order valence-corrected chi connectivity index (χ2v) is 10.7. The van der Waals surface area contributed by atoms with E-state index in [-0.39, 0.29) is 17.1 Å². The molecule has 1 aromatic heterocycles. The molecule has 5 aliphatic rings. The summed E-state index contributed by atoms with van der Waals surface area (Å²) in [7, 11) is 0. The Labute approximate surface area is 229 Å². The van der Waals surface area contributed by atoms with Crippen LogP contribution in [0.4, 0.5) is 10.1 Å². The van der Waals surface area contributed by atoms with E-state index in [1.165, 1.54) is 6.08 Å². The molecule has 9 heteroatoms. The van der Waals surface area contributed by atoms with Gasteiger partial charge in [0.2, 0.25) is 0 Å². The highest BCUT2D eigenvalue weighted by Gasteiger charge is 2.42. The molecule has 0 N–H and O–H groups in total. The smallest absolute Gasteiger partial charge is 0.259 e. The molecule has 0 spiro atoms. The summed E-state index contributed by atoms with van der Waals surface area (Å²) < 4.78 is 34.2. The average Bonchev–Trinajstić information content (AvgIpc) is 3.56. The van der Waals surface area contributed by atoms with Crippen molar-refractivity contribution in [2.75, 3.05) is 44.3 Å². The average molecular weight is 540 g/mol. The van der Waals surface area contributed by atoms with Gasteiger partial charge in [0.25, 0.3) is 5.91 Å². The van der Waals surface area contributed by atoms with Crippen molar-refractivity contribution in [3.05, 3.63) is 83.2 Å². The first-order valence-corrected chi connectivity index (χ1v) is 13.7. The number of hydrogen-bond acceptors (Lipinski definition) is 7. The number of ether oxygens (including phenoxy) is 2. The fourth-order valence-corrected chi connectivity index (χ4v) is 6.36. The van der Waals surface area contributed by atoms with Gasteiger partial charge < -0.3 is 28.6 Å². The molecule has 40 heavy (non-hydrogen) atoms. The number of rotatable bonds is 2. The summed E-state index contributed by atoms with van der Waals surface area (Å²) in [4.78, 5) is 32.9. The van der Waals surface area contributed by atoms with Crippen LogP contribution in [0.15, 0.2) is 87.6 Å². The molecule has 2 bridgehead atoms. The van der Waals surface area contributed by atoms with Gasteiger partial charge in [-0.25, -0.2) is 4.39 Å². The lowest BCUT2D eigenvalue weighted by Crippen LogP contribution is -2.46. The molecule has 8 nitrogen and oxygen atoms in total. The SMILES string of the molecule is O=C1C(C(=O)N2CCOCC2)=CN2c3cc4oc5ccccc5c4cc3OC3=CC2C1=CC(F)=C3N1CCCC1. The Morgan fingerprint density at radius 1 is 0.975 bits per heavy atom. The van der Waals surface area contributed by atoms with Crippen LogP contribution in [-0.2, 0) is 14.3 Å². The minimum atomic E-state index is -0.655. The first-order chi connectivity index (χ1) is 19.6. The second kappa shape index (κ2) is 8.82. The monoisotopic (exact) mass is 539 g/mol. The van der Waals surface area contributed by atoms with E-state index in [1.54, 1.807) is 17.2 Å². The normalized spacial score (nSPS) is 22.5. The van der Waals surface area contributed by atoms with E-state index in [2.05, 4.69) is 0 Å². The van der Waals surface area contributed by atoms with Gasteiger partial charge in [-0.05, 0) is 37.1 Å². The molecule has 3 aromatic rings. The summed E-state index contributed by atoms with van der Waals surface area (Å²) in [5.41, 5.74) is 2.57. The van der Waals surface area contributed by atoms with Gasteiger partial charge in [0.15, 0.2) is 23.1 Å². The molecule has 1 amide bonds. The molecule has 2 saturated heterocycles. The number of morpholine rings is 1. The molecular formula is C31H26FN3O5. The molecule has 0 saturated carbocycles. The lowest BCUT2D eigenvalue weighted by molar-refractivity contribution is -0.132. The zero-order valence-corrected chi connectivity index (χ0v) is 21.7. The molecule has 1 unspecified atom stereocenters. The summed E-state index contributed by atoms with van der Waals surface area (Å²) in [6.45, 7) is 3.00. The summed E-state index contributed by atoms with van der Waals surface area (Å²) in [5, 5.41) is 1.81. The van der Waals surface area contributed by atoms with Crippen molar-refractivity contribution in [3.63, 3.8) is 0 Å². The van der Waals surface area contributed by atoms with Crippen molar-refractivity contribution in [3.8, 4) is 5.75 Å². The highest BCUT2D eigenvalue weighted by Crippen LogP contribution is 2.46. The number of benzene rings is 2. The molecule has 8 rings (SSSR count).